The largest absolute Gasteiger partial charge is 0.490 e. The summed E-state index contributed by atoms with van der Waals surface area (Å²) in [6, 6.07) is 4.92. The Morgan fingerprint density at radius 3 is 2.54 bits per heavy atom. The van der Waals surface area contributed by atoms with Crippen molar-refractivity contribution in [2.24, 2.45) is 0 Å². The van der Waals surface area contributed by atoms with Crippen molar-refractivity contribution in [3.63, 3.8) is 0 Å². The number of ether oxygens (including phenoxy) is 2. The maximum atomic E-state index is 12.3. The molecule has 8 nitrogen and oxygen atoms in total. The second kappa shape index (κ2) is 11.2. The zero-order valence-corrected chi connectivity index (χ0v) is 17.2. The number of hydrogen-bond acceptors (Lipinski definition) is 7. The van der Waals surface area contributed by atoms with Crippen molar-refractivity contribution in [3.05, 3.63) is 28.8 Å². The third kappa shape index (κ3) is 6.49. The Kier molecular flexibility index (Phi) is 8.67. The number of carbonyl (C=O) groups is 2. The Labute approximate surface area is 168 Å². The number of amides is 2. The SMILES string of the molecule is CCCCc1nnc(NC(=O)CNC(=O)c2ccc(OCC)c(OCC)c2)s1. The molecule has 0 bridgehead atoms. The minimum Gasteiger partial charge on any atom is -0.490 e. The van der Waals surface area contributed by atoms with Crippen molar-refractivity contribution in [1.82, 2.24) is 15.5 Å². The van der Waals surface area contributed by atoms with Crippen LogP contribution in [0.2, 0.25) is 0 Å². The van der Waals surface area contributed by atoms with Crippen molar-refractivity contribution >= 4 is 28.3 Å². The van der Waals surface area contributed by atoms with Gasteiger partial charge in [0.05, 0.1) is 19.8 Å². The number of unbranched alkanes of at least 4 members (excludes halogenated alkanes) is 1. The zero-order valence-electron chi connectivity index (χ0n) is 16.4. The fourth-order valence-corrected chi connectivity index (χ4v) is 3.15. The van der Waals surface area contributed by atoms with E-state index in [0.717, 1.165) is 24.3 Å². The summed E-state index contributed by atoms with van der Waals surface area (Å²) in [5.74, 6) is 0.339. The van der Waals surface area contributed by atoms with Crippen LogP contribution in [0, 0.1) is 0 Å². The minimum absolute atomic E-state index is 0.167. The van der Waals surface area contributed by atoms with Gasteiger partial charge in [-0.25, -0.2) is 0 Å². The lowest BCUT2D eigenvalue weighted by Crippen LogP contribution is -2.32. The summed E-state index contributed by atoms with van der Waals surface area (Å²) in [7, 11) is 0. The predicted octanol–water partition coefficient (Wildman–Crippen LogP) is 3.05. The third-order valence-corrected chi connectivity index (χ3v) is 4.57. The molecule has 0 atom stereocenters. The van der Waals surface area contributed by atoms with Crippen molar-refractivity contribution < 1.29 is 19.1 Å². The molecule has 2 rings (SSSR count). The molecule has 9 heteroatoms. The number of carbonyl (C=O) groups excluding carboxylic acids is 2. The van der Waals surface area contributed by atoms with E-state index in [9.17, 15) is 9.59 Å². The molecule has 0 spiro atoms. The van der Waals surface area contributed by atoms with Crippen molar-refractivity contribution in [2.45, 2.75) is 40.0 Å². The molecule has 1 heterocycles. The summed E-state index contributed by atoms with van der Waals surface area (Å²) < 4.78 is 11.0. The maximum Gasteiger partial charge on any atom is 0.251 e. The maximum absolute atomic E-state index is 12.3. The van der Waals surface area contributed by atoms with Crippen LogP contribution >= 0.6 is 11.3 Å². The first-order valence-corrected chi connectivity index (χ1v) is 10.2. The van der Waals surface area contributed by atoms with Crippen LogP contribution in [0.25, 0.3) is 0 Å². The number of anilines is 1. The summed E-state index contributed by atoms with van der Waals surface area (Å²) in [4.78, 5) is 24.4. The monoisotopic (exact) mass is 406 g/mol. The molecule has 2 N–H and O–H groups in total. The van der Waals surface area contributed by atoms with Gasteiger partial charge in [-0.3, -0.25) is 14.9 Å². The average Bonchev–Trinajstić information content (AvgIpc) is 3.13. The molecular weight excluding hydrogens is 380 g/mol. The van der Waals surface area contributed by atoms with Crippen molar-refractivity contribution in [3.8, 4) is 11.5 Å². The van der Waals surface area contributed by atoms with Crippen LogP contribution in [-0.2, 0) is 11.2 Å². The van der Waals surface area contributed by atoms with E-state index in [4.69, 9.17) is 9.47 Å². The van der Waals surface area contributed by atoms with Crippen LogP contribution in [0.4, 0.5) is 5.13 Å². The molecule has 2 amide bonds. The Morgan fingerprint density at radius 1 is 1.07 bits per heavy atom. The zero-order chi connectivity index (χ0) is 20.4. The molecule has 0 saturated heterocycles. The smallest absolute Gasteiger partial charge is 0.251 e. The molecule has 1 aromatic carbocycles. The number of rotatable bonds is 11. The first-order chi connectivity index (χ1) is 13.6. The summed E-state index contributed by atoms with van der Waals surface area (Å²) in [6.07, 6.45) is 2.95. The van der Waals surface area contributed by atoms with E-state index in [1.54, 1.807) is 18.2 Å². The lowest BCUT2D eigenvalue weighted by Gasteiger charge is -2.12. The molecular formula is C19H26N4O4S. The second-order valence-corrected chi connectivity index (χ2v) is 6.92. The van der Waals surface area contributed by atoms with Gasteiger partial charge in [0, 0.05) is 12.0 Å². The van der Waals surface area contributed by atoms with Crippen LogP contribution in [0.3, 0.4) is 0 Å². The van der Waals surface area contributed by atoms with Gasteiger partial charge in [0.15, 0.2) is 11.5 Å². The van der Waals surface area contributed by atoms with E-state index in [-0.39, 0.29) is 18.4 Å². The topological polar surface area (TPSA) is 102 Å². The summed E-state index contributed by atoms with van der Waals surface area (Å²) in [5.41, 5.74) is 0.387. The highest BCUT2D eigenvalue weighted by Gasteiger charge is 2.13. The first-order valence-electron chi connectivity index (χ1n) is 9.37. The van der Waals surface area contributed by atoms with E-state index in [2.05, 4.69) is 27.8 Å². The van der Waals surface area contributed by atoms with Crippen LogP contribution in [0.15, 0.2) is 18.2 Å². The highest BCUT2D eigenvalue weighted by Crippen LogP contribution is 2.28. The van der Waals surface area contributed by atoms with Gasteiger partial charge in [0.1, 0.15) is 5.01 Å². The number of nitrogens with zero attached hydrogens (tertiary/aromatic N) is 2. The first kappa shape index (κ1) is 21.6. The third-order valence-electron chi connectivity index (χ3n) is 3.67. The average molecular weight is 407 g/mol. The van der Waals surface area contributed by atoms with Gasteiger partial charge in [-0.15, -0.1) is 10.2 Å². The molecule has 0 aliphatic heterocycles. The van der Waals surface area contributed by atoms with Crippen LogP contribution in [0.5, 0.6) is 11.5 Å². The standard InChI is InChI=1S/C19H26N4O4S/c1-4-7-8-17-22-23-19(28-17)21-16(24)12-20-18(25)13-9-10-14(26-5-2)15(11-13)27-6-3/h9-11H,4-8,12H2,1-3H3,(H,20,25)(H,21,23,24). The molecule has 152 valence electrons. The Hall–Kier alpha value is -2.68. The van der Waals surface area contributed by atoms with Gasteiger partial charge in [-0.2, -0.15) is 0 Å². The lowest BCUT2D eigenvalue weighted by atomic mass is 10.2. The van der Waals surface area contributed by atoms with Crippen LogP contribution < -0.4 is 20.1 Å². The van der Waals surface area contributed by atoms with Crippen LogP contribution in [0.1, 0.15) is 49.0 Å². The molecule has 2 aromatic rings. The number of nitrogens with one attached hydrogen (secondary N) is 2. The van der Waals surface area contributed by atoms with Crippen molar-refractivity contribution in [2.75, 3.05) is 25.1 Å². The van der Waals surface area contributed by atoms with Gasteiger partial charge >= 0.3 is 0 Å². The van der Waals surface area contributed by atoms with Gasteiger partial charge < -0.3 is 14.8 Å². The fourth-order valence-electron chi connectivity index (χ4n) is 2.35. The van der Waals surface area contributed by atoms with E-state index < -0.39 is 0 Å². The van der Waals surface area contributed by atoms with Gasteiger partial charge in [-0.1, -0.05) is 24.7 Å². The lowest BCUT2D eigenvalue weighted by molar-refractivity contribution is -0.115. The molecule has 0 aliphatic rings. The van der Waals surface area contributed by atoms with Gasteiger partial charge in [-0.05, 0) is 38.5 Å². The van der Waals surface area contributed by atoms with Crippen LogP contribution in [-0.4, -0.2) is 41.8 Å². The van der Waals surface area contributed by atoms with E-state index in [0.29, 0.717) is 35.4 Å². The van der Waals surface area contributed by atoms with E-state index >= 15 is 0 Å². The minimum atomic E-state index is -0.375. The van der Waals surface area contributed by atoms with Gasteiger partial charge in [0.25, 0.3) is 5.91 Å². The normalized spacial score (nSPS) is 10.4. The predicted molar refractivity (Wildman–Crippen MR) is 108 cm³/mol. The summed E-state index contributed by atoms with van der Waals surface area (Å²) >= 11 is 1.35. The molecule has 28 heavy (non-hydrogen) atoms. The summed E-state index contributed by atoms with van der Waals surface area (Å²) in [6.45, 7) is 6.62. The second-order valence-electron chi connectivity index (χ2n) is 5.86. The Balaban J connectivity index is 1.89. The quantitative estimate of drug-likeness (QED) is 0.595. The number of hydrogen-bond donors (Lipinski definition) is 2. The van der Waals surface area contributed by atoms with E-state index in [1.807, 2.05) is 13.8 Å². The summed E-state index contributed by atoms with van der Waals surface area (Å²) in [5, 5.41) is 14.6. The number of benzene rings is 1. The number of aryl methyl sites for hydroxylation is 1. The fraction of sp³-hybridized carbons (Fsp3) is 0.474. The molecule has 0 saturated carbocycles. The Morgan fingerprint density at radius 2 is 1.82 bits per heavy atom. The number of aromatic nitrogens is 2. The highest BCUT2D eigenvalue weighted by molar-refractivity contribution is 7.15. The molecule has 1 aromatic heterocycles. The molecule has 0 unspecified atom stereocenters. The van der Waals surface area contributed by atoms with Gasteiger partial charge in [0.2, 0.25) is 11.0 Å². The van der Waals surface area contributed by atoms with E-state index in [1.165, 1.54) is 11.3 Å². The van der Waals surface area contributed by atoms with Crippen molar-refractivity contribution in [1.29, 1.82) is 0 Å². The highest BCUT2D eigenvalue weighted by atomic mass is 32.1. The molecule has 0 aliphatic carbocycles. The molecule has 0 radical (unpaired) electrons. The Bertz CT molecular complexity index is 794. The molecule has 0 fully saturated rings.